The summed E-state index contributed by atoms with van der Waals surface area (Å²) < 4.78 is 5.38. The van der Waals surface area contributed by atoms with Gasteiger partial charge in [-0.3, -0.25) is 9.78 Å². The predicted molar refractivity (Wildman–Crippen MR) is 113 cm³/mol. The van der Waals surface area contributed by atoms with E-state index in [1.54, 1.807) is 13.2 Å². The molecule has 0 aliphatic carbocycles. The van der Waals surface area contributed by atoms with Crippen LogP contribution < -0.4 is 21.1 Å². The number of carbonyl (C=O) groups is 1. The third-order valence-corrected chi connectivity index (χ3v) is 4.85. The van der Waals surface area contributed by atoms with Gasteiger partial charge >= 0.3 is 0 Å². The van der Waals surface area contributed by atoms with E-state index < -0.39 is 5.91 Å². The number of nitrogens with zero attached hydrogens (tertiary/aromatic N) is 1. The van der Waals surface area contributed by atoms with Gasteiger partial charge in [-0.2, -0.15) is 0 Å². The molecule has 0 radical (unpaired) electrons. The molecule has 4 N–H and O–H groups in total. The van der Waals surface area contributed by atoms with Crippen LogP contribution in [-0.4, -0.2) is 31.6 Å². The van der Waals surface area contributed by atoms with Crippen molar-refractivity contribution in [3.63, 3.8) is 0 Å². The Morgan fingerprint density at radius 3 is 2.71 bits per heavy atom. The first-order chi connectivity index (χ1) is 13.6. The van der Waals surface area contributed by atoms with Gasteiger partial charge in [-0.05, 0) is 42.8 Å². The number of aryl methyl sites for hydroxylation is 1. The zero-order valence-corrected chi connectivity index (χ0v) is 16.5. The molecule has 6 nitrogen and oxygen atoms in total. The molecule has 0 spiro atoms. The predicted octanol–water partition coefficient (Wildman–Crippen LogP) is 3.28. The third-order valence-electron chi connectivity index (χ3n) is 4.85. The van der Waals surface area contributed by atoms with E-state index in [0.29, 0.717) is 11.1 Å². The second-order valence-corrected chi connectivity index (χ2v) is 6.61. The summed E-state index contributed by atoms with van der Waals surface area (Å²) >= 11 is 0. The number of nitrogens with two attached hydrogens (primary N) is 1. The van der Waals surface area contributed by atoms with Crippen LogP contribution in [0.4, 0.5) is 5.69 Å². The number of fused-ring (bicyclic) bond motifs is 1. The molecule has 146 valence electrons. The molecule has 0 aliphatic rings. The van der Waals surface area contributed by atoms with Gasteiger partial charge in [0, 0.05) is 23.8 Å². The molecule has 0 saturated carbocycles. The first-order valence-electron chi connectivity index (χ1n) is 9.34. The average Bonchev–Trinajstić information content (AvgIpc) is 2.72. The minimum atomic E-state index is -0.479. The minimum Gasteiger partial charge on any atom is -0.497 e. The number of likely N-dealkylation sites (N-methyl/N-ethyl adjacent to an activating group) is 1. The quantitative estimate of drug-likeness (QED) is 0.560. The van der Waals surface area contributed by atoms with Gasteiger partial charge in [-0.1, -0.05) is 31.2 Å². The molecule has 0 aliphatic heterocycles. The molecule has 1 atom stereocenters. The molecule has 1 aromatic heterocycles. The van der Waals surface area contributed by atoms with Gasteiger partial charge in [-0.15, -0.1) is 0 Å². The molecule has 2 aromatic carbocycles. The number of ether oxygens (including phenoxy) is 1. The number of hydrogen-bond donors (Lipinski definition) is 3. The minimum absolute atomic E-state index is 0.00762. The number of methoxy groups -OCH3 is 1. The molecule has 0 unspecified atom stereocenters. The molecule has 3 aromatic rings. The highest BCUT2D eigenvalue weighted by molar-refractivity contribution is 6.08. The van der Waals surface area contributed by atoms with E-state index in [-0.39, 0.29) is 6.04 Å². The monoisotopic (exact) mass is 378 g/mol. The van der Waals surface area contributed by atoms with Crippen molar-refractivity contribution in [1.82, 2.24) is 10.3 Å². The summed E-state index contributed by atoms with van der Waals surface area (Å²) in [5.41, 5.74) is 9.75. The Labute approximate surface area is 165 Å². The summed E-state index contributed by atoms with van der Waals surface area (Å²) in [7, 11) is 3.59. The van der Waals surface area contributed by atoms with Gasteiger partial charge in [-0.25, -0.2) is 0 Å². The van der Waals surface area contributed by atoms with Crippen LogP contribution in [0.25, 0.3) is 10.9 Å². The van der Waals surface area contributed by atoms with E-state index >= 15 is 0 Å². The van der Waals surface area contributed by atoms with Crippen molar-refractivity contribution in [2.24, 2.45) is 5.73 Å². The Kier molecular flexibility index (Phi) is 6.11. The van der Waals surface area contributed by atoms with E-state index in [0.717, 1.165) is 40.9 Å². The average molecular weight is 378 g/mol. The van der Waals surface area contributed by atoms with Crippen molar-refractivity contribution in [2.75, 3.05) is 26.0 Å². The smallest absolute Gasteiger partial charge is 0.250 e. The van der Waals surface area contributed by atoms with Crippen LogP contribution in [-0.2, 0) is 6.42 Å². The largest absolute Gasteiger partial charge is 0.497 e. The summed E-state index contributed by atoms with van der Waals surface area (Å²) in [5.74, 6) is 0.333. The van der Waals surface area contributed by atoms with Crippen LogP contribution in [0.5, 0.6) is 5.75 Å². The number of anilines is 1. The first kappa shape index (κ1) is 19.6. The SMILES string of the molecule is CCc1cnc2c(C(N)=O)cccc2c1N[C@H](CNC)c1cccc(OC)c1. The molecular weight excluding hydrogens is 352 g/mol. The van der Waals surface area contributed by atoms with Crippen molar-refractivity contribution in [1.29, 1.82) is 0 Å². The number of pyridine rings is 1. The molecule has 28 heavy (non-hydrogen) atoms. The summed E-state index contributed by atoms with van der Waals surface area (Å²) in [5, 5.41) is 7.80. The summed E-state index contributed by atoms with van der Waals surface area (Å²) in [4.78, 5) is 16.3. The van der Waals surface area contributed by atoms with Crippen LogP contribution in [0.1, 0.15) is 34.5 Å². The normalized spacial score (nSPS) is 12.0. The van der Waals surface area contributed by atoms with Crippen molar-refractivity contribution in [3.8, 4) is 5.75 Å². The topological polar surface area (TPSA) is 89.3 Å². The Bertz CT molecular complexity index is 987. The lowest BCUT2D eigenvalue weighted by Gasteiger charge is -2.24. The van der Waals surface area contributed by atoms with E-state index in [2.05, 4.69) is 28.6 Å². The molecule has 0 fully saturated rings. The second kappa shape index (κ2) is 8.71. The number of carbonyl (C=O) groups excluding carboxylic acids is 1. The number of nitrogens with one attached hydrogen (secondary N) is 2. The highest BCUT2D eigenvalue weighted by Gasteiger charge is 2.18. The van der Waals surface area contributed by atoms with Crippen molar-refractivity contribution in [3.05, 3.63) is 65.4 Å². The van der Waals surface area contributed by atoms with Crippen LogP contribution in [0.3, 0.4) is 0 Å². The molecule has 0 bridgehead atoms. The molecule has 0 saturated heterocycles. The van der Waals surface area contributed by atoms with Gasteiger partial charge in [0.05, 0.1) is 24.2 Å². The zero-order valence-electron chi connectivity index (χ0n) is 16.5. The molecule has 3 rings (SSSR count). The molecule has 1 amide bonds. The maximum absolute atomic E-state index is 11.8. The molecule has 1 heterocycles. The first-order valence-corrected chi connectivity index (χ1v) is 9.34. The maximum Gasteiger partial charge on any atom is 0.250 e. The van der Waals surface area contributed by atoms with E-state index in [1.165, 1.54) is 0 Å². The standard InChI is InChI=1S/C22H26N4O2/c1-4-14-12-25-21-17(9-6-10-18(21)22(23)27)20(14)26-19(13-24-2)15-7-5-8-16(11-15)28-3/h5-12,19,24H,4,13H2,1-3H3,(H2,23,27)(H,25,26)/t19-/m1/s1. The summed E-state index contributed by atoms with van der Waals surface area (Å²) in [6.45, 7) is 2.81. The fourth-order valence-corrected chi connectivity index (χ4v) is 3.39. The number of benzene rings is 2. The summed E-state index contributed by atoms with van der Waals surface area (Å²) in [6.07, 6.45) is 2.63. The Morgan fingerprint density at radius 1 is 1.25 bits per heavy atom. The van der Waals surface area contributed by atoms with Crippen LogP contribution in [0, 0.1) is 0 Å². The van der Waals surface area contributed by atoms with E-state index in [9.17, 15) is 4.79 Å². The third kappa shape index (κ3) is 3.92. The van der Waals surface area contributed by atoms with E-state index in [1.807, 2.05) is 43.6 Å². The van der Waals surface area contributed by atoms with Gasteiger partial charge < -0.3 is 21.1 Å². The number of amides is 1. The van der Waals surface area contributed by atoms with Gasteiger partial charge in [0.2, 0.25) is 0 Å². The van der Waals surface area contributed by atoms with Crippen molar-refractivity contribution in [2.45, 2.75) is 19.4 Å². The number of primary amides is 1. The summed E-state index contributed by atoms with van der Waals surface area (Å²) in [6, 6.07) is 13.5. The van der Waals surface area contributed by atoms with Crippen LogP contribution in [0.15, 0.2) is 48.7 Å². The molecular formula is C22H26N4O2. The van der Waals surface area contributed by atoms with Gasteiger partial charge in [0.25, 0.3) is 5.91 Å². The lowest BCUT2D eigenvalue weighted by molar-refractivity contribution is 0.100. The fraction of sp³-hybridized carbons (Fsp3) is 0.273. The van der Waals surface area contributed by atoms with Crippen LogP contribution >= 0.6 is 0 Å². The maximum atomic E-state index is 11.8. The Balaban J connectivity index is 2.12. The molecule has 6 heteroatoms. The van der Waals surface area contributed by atoms with Crippen molar-refractivity contribution >= 4 is 22.5 Å². The fourth-order valence-electron chi connectivity index (χ4n) is 3.39. The number of aromatic nitrogens is 1. The number of para-hydroxylation sites is 1. The number of hydrogen-bond acceptors (Lipinski definition) is 5. The lowest BCUT2D eigenvalue weighted by atomic mass is 10.0. The van der Waals surface area contributed by atoms with E-state index in [4.69, 9.17) is 10.5 Å². The number of rotatable bonds is 8. The second-order valence-electron chi connectivity index (χ2n) is 6.61. The Hall–Kier alpha value is -3.12. The van der Waals surface area contributed by atoms with Crippen molar-refractivity contribution < 1.29 is 9.53 Å². The Morgan fingerprint density at radius 2 is 2.04 bits per heavy atom. The highest BCUT2D eigenvalue weighted by Crippen LogP contribution is 2.32. The van der Waals surface area contributed by atoms with Gasteiger partial charge in [0.1, 0.15) is 5.75 Å². The van der Waals surface area contributed by atoms with Crippen LogP contribution in [0.2, 0.25) is 0 Å². The lowest BCUT2D eigenvalue weighted by Crippen LogP contribution is -2.24. The van der Waals surface area contributed by atoms with Gasteiger partial charge in [0.15, 0.2) is 0 Å². The highest BCUT2D eigenvalue weighted by atomic mass is 16.5. The zero-order chi connectivity index (χ0) is 20.1.